The SMILES string of the molecule is CCNC(=O)CNC(=O)c1c(-c2ccccc2Cl)noc1C. The van der Waals surface area contributed by atoms with Gasteiger partial charge in [0.1, 0.15) is 17.0 Å². The molecule has 0 bridgehead atoms. The zero-order valence-electron chi connectivity index (χ0n) is 12.3. The Balaban J connectivity index is 2.25. The van der Waals surface area contributed by atoms with E-state index in [2.05, 4.69) is 15.8 Å². The first kappa shape index (κ1) is 16.0. The molecule has 1 aromatic carbocycles. The Kier molecular flexibility index (Phi) is 5.16. The minimum atomic E-state index is -0.431. The van der Waals surface area contributed by atoms with Crippen LogP contribution in [0.2, 0.25) is 5.02 Å². The summed E-state index contributed by atoms with van der Waals surface area (Å²) in [6, 6.07) is 7.03. The summed E-state index contributed by atoms with van der Waals surface area (Å²) < 4.78 is 5.11. The minimum Gasteiger partial charge on any atom is -0.360 e. The first-order chi connectivity index (χ1) is 10.5. The number of hydrogen-bond acceptors (Lipinski definition) is 4. The fourth-order valence-electron chi connectivity index (χ4n) is 1.99. The molecule has 2 rings (SSSR count). The molecule has 7 heteroatoms. The summed E-state index contributed by atoms with van der Waals surface area (Å²) in [4.78, 5) is 23.7. The molecule has 1 aromatic heterocycles. The molecule has 2 N–H and O–H groups in total. The highest BCUT2D eigenvalue weighted by atomic mass is 35.5. The standard InChI is InChI=1S/C15H16ClN3O3/c1-3-17-12(20)8-18-15(21)13-9(2)22-19-14(13)10-6-4-5-7-11(10)16/h4-7H,3,8H2,1-2H3,(H,17,20)(H,18,21). The van der Waals surface area contributed by atoms with E-state index in [-0.39, 0.29) is 18.0 Å². The van der Waals surface area contributed by atoms with Crippen LogP contribution in [0.15, 0.2) is 28.8 Å². The second-order valence-corrected chi connectivity index (χ2v) is 4.99. The lowest BCUT2D eigenvalue weighted by Crippen LogP contribution is -2.37. The van der Waals surface area contributed by atoms with Gasteiger partial charge in [0.15, 0.2) is 0 Å². The molecule has 0 fully saturated rings. The molecule has 22 heavy (non-hydrogen) atoms. The third-order valence-corrected chi connectivity index (χ3v) is 3.33. The van der Waals surface area contributed by atoms with Gasteiger partial charge in [0.05, 0.1) is 11.6 Å². The van der Waals surface area contributed by atoms with Crippen LogP contribution >= 0.6 is 11.6 Å². The van der Waals surface area contributed by atoms with E-state index in [0.29, 0.717) is 28.6 Å². The van der Waals surface area contributed by atoms with E-state index < -0.39 is 5.91 Å². The fourth-order valence-corrected chi connectivity index (χ4v) is 2.21. The molecule has 2 aromatic rings. The second-order valence-electron chi connectivity index (χ2n) is 4.58. The van der Waals surface area contributed by atoms with Gasteiger partial charge in [-0.25, -0.2) is 0 Å². The van der Waals surface area contributed by atoms with Gasteiger partial charge in [-0.1, -0.05) is 35.0 Å². The highest BCUT2D eigenvalue weighted by molar-refractivity contribution is 6.33. The average molecular weight is 322 g/mol. The number of aryl methyl sites for hydroxylation is 1. The van der Waals surface area contributed by atoms with Gasteiger partial charge in [0, 0.05) is 12.1 Å². The molecule has 0 spiro atoms. The number of hydrogen-bond donors (Lipinski definition) is 2. The summed E-state index contributed by atoms with van der Waals surface area (Å²) in [6.45, 7) is 3.83. The van der Waals surface area contributed by atoms with E-state index in [0.717, 1.165) is 0 Å². The average Bonchev–Trinajstić information content (AvgIpc) is 2.87. The van der Waals surface area contributed by atoms with Gasteiger partial charge in [-0.3, -0.25) is 9.59 Å². The predicted molar refractivity (Wildman–Crippen MR) is 82.7 cm³/mol. The van der Waals surface area contributed by atoms with Crippen LogP contribution in [0.5, 0.6) is 0 Å². The number of rotatable bonds is 5. The number of halogens is 1. The molecule has 0 aliphatic carbocycles. The summed E-state index contributed by atoms with van der Waals surface area (Å²) in [7, 11) is 0. The van der Waals surface area contributed by atoms with Crippen LogP contribution in [0, 0.1) is 6.92 Å². The van der Waals surface area contributed by atoms with E-state index in [9.17, 15) is 9.59 Å². The first-order valence-electron chi connectivity index (χ1n) is 6.80. The first-order valence-corrected chi connectivity index (χ1v) is 7.18. The van der Waals surface area contributed by atoms with E-state index in [1.165, 1.54) is 0 Å². The molecule has 1 heterocycles. The monoisotopic (exact) mass is 321 g/mol. The zero-order valence-corrected chi connectivity index (χ0v) is 13.0. The maximum Gasteiger partial charge on any atom is 0.257 e. The normalized spacial score (nSPS) is 10.3. The highest BCUT2D eigenvalue weighted by Gasteiger charge is 2.23. The summed E-state index contributed by atoms with van der Waals surface area (Å²) in [5.74, 6) is -0.326. The largest absolute Gasteiger partial charge is 0.360 e. The van der Waals surface area contributed by atoms with E-state index in [1.807, 2.05) is 0 Å². The lowest BCUT2D eigenvalue weighted by atomic mass is 10.1. The van der Waals surface area contributed by atoms with Crippen molar-refractivity contribution in [3.8, 4) is 11.3 Å². The molecule has 0 unspecified atom stereocenters. The van der Waals surface area contributed by atoms with Gasteiger partial charge in [0.2, 0.25) is 5.91 Å². The van der Waals surface area contributed by atoms with Crippen molar-refractivity contribution in [2.45, 2.75) is 13.8 Å². The molecule has 2 amide bonds. The Morgan fingerprint density at radius 1 is 1.27 bits per heavy atom. The third-order valence-electron chi connectivity index (χ3n) is 3.00. The number of amides is 2. The topological polar surface area (TPSA) is 84.2 Å². The van der Waals surface area contributed by atoms with E-state index in [4.69, 9.17) is 16.1 Å². The summed E-state index contributed by atoms with van der Waals surface area (Å²) in [5.41, 5.74) is 1.23. The predicted octanol–water partition coefficient (Wildman–Crippen LogP) is 2.17. The fraction of sp³-hybridized carbons (Fsp3) is 0.267. The number of nitrogens with zero attached hydrogens (tertiary/aromatic N) is 1. The molecule has 0 aliphatic heterocycles. The number of nitrogens with one attached hydrogen (secondary N) is 2. The molecule has 6 nitrogen and oxygen atoms in total. The van der Waals surface area contributed by atoms with Crippen molar-refractivity contribution in [2.75, 3.05) is 13.1 Å². The van der Waals surface area contributed by atoms with E-state index in [1.54, 1.807) is 38.1 Å². The quantitative estimate of drug-likeness (QED) is 0.884. The van der Waals surface area contributed by atoms with Gasteiger partial charge in [0.25, 0.3) is 5.91 Å². The van der Waals surface area contributed by atoms with Crippen molar-refractivity contribution >= 4 is 23.4 Å². The number of carbonyl (C=O) groups excluding carboxylic acids is 2. The molecule has 0 radical (unpaired) electrons. The Labute approximate surface area is 132 Å². The maximum absolute atomic E-state index is 12.3. The molecular formula is C15H16ClN3O3. The highest BCUT2D eigenvalue weighted by Crippen LogP contribution is 2.30. The van der Waals surface area contributed by atoms with Crippen LogP contribution in [0.1, 0.15) is 23.0 Å². The Hall–Kier alpha value is -2.34. The number of aromatic nitrogens is 1. The number of likely N-dealkylation sites (N-methyl/N-ethyl adjacent to an activating group) is 1. The second kappa shape index (κ2) is 7.09. The van der Waals surface area contributed by atoms with Crippen LogP contribution in [0.3, 0.4) is 0 Å². The number of carbonyl (C=O) groups is 2. The lowest BCUT2D eigenvalue weighted by Gasteiger charge is -2.06. The van der Waals surface area contributed by atoms with Crippen LogP contribution in [0.25, 0.3) is 11.3 Å². The van der Waals surface area contributed by atoms with Crippen molar-refractivity contribution < 1.29 is 14.1 Å². The molecule has 0 aliphatic rings. The van der Waals surface area contributed by atoms with Gasteiger partial charge in [-0.05, 0) is 19.9 Å². The van der Waals surface area contributed by atoms with Crippen LogP contribution < -0.4 is 10.6 Å². The van der Waals surface area contributed by atoms with Crippen molar-refractivity contribution in [3.63, 3.8) is 0 Å². The lowest BCUT2D eigenvalue weighted by molar-refractivity contribution is -0.120. The molecule has 116 valence electrons. The Morgan fingerprint density at radius 3 is 2.68 bits per heavy atom. The Bertz CT molecular complexity index is 697. The van der Waals surface area contributed by atoms with Crippen molar-refractivity contribution in [2.24, 2.45) is 0 Å². The molecule has 0 saturated heterocycles. The third kappa shape index (κ3) is 3.46. The Morgan fingerprint density at radius 2 is 2.00 bits per heavy atom. The summed E-state index contributed by atoms with van der Waals surface area (Å²) >= 11 is 6.14. The summed E-state index contributed by atoms with van der Waals surface area (Å²) in [5, 5.41) is 9.53. The molecule has 0 atom stereocenters. The van der Waals surface area contributed by atoms with Gasteiger partial charge >= 0.3 is 0 Å². The van der Waals surface area contributed by atoms with Gasteiger partial charge in [-0.2, -0.15) is 0 Å². The van der Waals surface area contributed by atoms with Crippen molar-refractivity contribution in [1.29, 1.82) is 0 Å². The minimum absolute atomic E-state index is 0.112. The smallest absolute Gasteiger partial charge is 0.257 e. The number of benzene rings is 1. The summed E-state index contributed by atoms with van der Waals surface area (Å²) in [6.07, 6.45) is 0. The van der Waals surface area contributed by atoms with Crippen LogP contribution in [0.4, 0.5) is 0 Å². The van der Waals surface area contributed by atoms with Gasteiger partial charge < -0.3 is 15.2 Å². The van der Waals surface area contributed by atoms with E-state index >= 15 is 0 Å². The van der Waals surface area contributed by atoms with Gasteiger partial charge in [-0.15, -0.1) is 0 Å². The van der Waals surface area contributed by atoms with Crippen molar-refractivity contribution in [3.05, 3.63) is 40.6 Å². The van der Waals surface area contributed by atoms with Crippen LogP contribution in [-0.2, 0) is 4.79 Å². The van der Waals surface area contributed by atoms with Crippen molar-refractivity contribution in [1.82, 2.24) is 15.8 Å². The zero-order chi connectivity index (χ0) is 16.1. The molecule has 0 saturated carbocycles. The van der Waals surface area contributed by atoms with Crippen LogP contribution in [-0.4, -0.2) is 30.1 Å². The maximum atomic E-state index is 12.3. The molecular weight excluding hydrogens is 306 g/mol.